The van der Waals surface area contributed by atoms with Crippen LogP contribution in [0.2, 0.25) is 0 Å². The summed E-state index contributed by atoms with van der Waals surface area (Å²) in [7, 11) is 1.83. The van der Waals surface area contributed by atoms with Crippen molar-refractivity contribution in [2.24, 2.45) is 12.0 Å². The first-order valence-electron chi connectivity index (χ1n) is 8.67. The first kappa shape index (κ1) is 21.0. The molecular weight excluding hydrogens is 459 g/mol. The molecule has 1 aromatic heterocycles. The van der Waals surface area contributed by atoms with E-state index in [-0.39, 0.29) is 42.2 Å². The Kier molecular flexibility index (Phi) is 7.45. The lowest BCUT2D eigenvalue weighted by molar-refractivity contribution is -0.120. The highest BCUT2D eigenvalue weighted by Crippen LogP contribution is 2.16. The number of aliphatic imine (C=N–C) groups is 1. The summed E-state index contributed by atoms with van der Waals surface area (Å²) in [6, 6.07) is 7.04. The van der Waals surface area contributed by atoms with Crippen molar-refractivity contribution < 1.29 is 9.90 Å². The van der Waals surface area contributed by atoms with Gasteiger partial charge in [-0.25, -0.2) is 4.99 Å². The number of hydrogen-bond acceptors (Lipinski definition) is 4. The number of benzene rings is 1. The number of halogens is 1. The lowest BCUT2D eigenvalue weighted by atomic mass is 10.2. The maximum Gasteiger partial charge on any atom is 0.246 e. The van der Waals surface area contributed by atoms with Crippen LogP contribution in [0, 0.1) is 0 Å². The Balaban J connectivity index is 0.00000261. The van der Waals surface area contributed by atoms with Crippen molar-refractivity contribution in [2.75, 3.05) is 31.1 Å². The van der Waals surface area contributed by atoms with Gasteiger partial charge in [0.25, 0.3) is 0 Å². The van der Waals surface area contributed by atoms with Gasteiger partial charge in [0.15, 0.2) is 5.96 Å². The molecule has 0 saturated carbocycles. The largest absolute Gasteiger partial charge is 0.508 e. The number of guanidine groups is 1. The molecule has 0 spiro atoms. The Morgan fingerprint density at radius 1 is 1.37 bits per heavy atom. The van der Waals surface area contributed by atoms with Gasteiger partial charge in [-0.05, 0) is 24.6 Å². The lowest BCUT2D eigenvalue weighted by Crippen LogP contribution is -2.55. The molecule has 1 aliphatic rings. The Hall–Kier alpha value is -2.30. The summed E-state index contributed by atoms with van der Waals surface area (Å²) >= 11 is 0. The first-order valence-corrected chi connectivity index (χ1v) is 8.67. The second kappa shape index (κ2) is 9.58. The summed E-state index contributed by atoms with van der Waals surface area (Å²) < 4.78 is 1.69. The van der Waals surface area contributed by atoms with E-state index in [1.165, 1.54) is 0 Å². The fourth-order valence-electron chi connectivity index (χ4n) is 2.92. The zero-order valence-electron chi connectivity index (χ0n) is 15.5. The lowest BCUT2D eigenvalue weighted by Gasteiger charge is -2.35. The number of nitrogens with zero attached hydrogens (tertiary/aromatic N) is 5. The Morgan fingerprint density at radius 3 is 2.81 bits per heavy atom. The van der Waals surface area contributed by atoms with Gasteiger partial charge in [0.2, 0.25) is 5.91 Å². The van der Waals surface area contributed by atoms with Crippen molar-refractivity contribution >= 4 is 41.5 Å². The Labute approximate surface area is 175 Å². The van der Waals surface area contributed by atoms with E-state index in [1.807, 2.05) is 31.1 Å². The second-order valence-corrected chi connectivity index (χ2v) is 6.18. The monoisotopic (exact) mass is 484 g/mol. The fourth-order valence-corrected chi connectivity index (χ4v) is 2.92. The Bertz CT molecular complexity index is 807. The quantitative estimate of drug-likeness (QED) is 0.391. The molecule has 0 bridgehead atoms. The zero-order valence-corrected chi connectivity index (χ0v) is 17.8. The van der Waals surface area contributed by atoms with E-state index < -0.39 is 0 Å². The van der Waals surface area contributed by atoms with Gasteiger partial charge in [0, 0.05) is 32.9 Å². The van der Waals surface area contributed by atoms with Crippen LogP contribution in [0.15, 0.2) is 41.7 Å². The van der Waals surface area contributed by atoms with Crippen LogP contribution in [0.4, 0.5) is 5.69 Å². The number of piperazine rings is 1. The van der Waals surface area contributed by atoms with Gasteiger partial charge in [-0.3, -0.25) is 9.48 Å². The molecule has 0 aliphatic carbocycles. The predicted octanol–water partition coefficient (Wildman–Crippen LogP) is 1.56. The van der Waals surface area contributed by atoms with Gasteiger partial charge in [0.05, 0.1) is 18.4 Å². The third-order valence-corrected chi connectivity index (χ3v) is 4.18. The number of phenols is 1. The average molecular weight is 484 g/mol. The SMILES string of the molecule is CCNC(=NCc1cccc(O)c1)N1CCN(c2cnn(C)c2)C(=O)C1.I. The van der Waals surface area contributed by atoms with Gasteiger partial charge < -0.3 is 20.2 Å². The molecule has 2 N–H and O–H groups in total. The molecule has 0 unspecified atom stereocenters. The summed E-state index contributed by atoms with van der Waals surface area (Å²) in [6.45, 7) is 4.69. The highest BCUT2D eigenvalue weighted by Gasteiger charge is 2.27. The van der Waals surface area contributed by atoms with Gasteiger partial charge >= 0.3 is 0 Å². The zero-order chi connectivity index (χ0) is 18.5. The van der Waals surface area contributed by atoms with Gasteiger partial charge in [-0.15, -0.1) is 24.0 Å². The first-order chi connectivity index (χ1) is 12.6. The van der Waals surface area contributed by atoms with Crippen LogP contribution in [0.1, 0.15) is 12.5 Å². The van der Waals surface area contributed by atoms with Crippen LogP contribution >= 0.6 is 24.0 Å². The number of aromatic hydroxyl groups is 1. The normalized spacial score (nSPS) is 14.9. The molecule has 1 fully saturated rings. The molecule has 0 radical (unpaired) electrons. The third kappa shape index (κ3) is 5.34. The van der Waals surface area contributed by atoms with Crippen molar-refractivity contribution in [1.82, 2.24) is 20.0 Å². The van der Waals surface area contributed by atoms with Crippen molar-refractivity contribution in [3.05, 3.63) is 42.2 Å². The number of nitrogens with one attached hydrogen (secondary N) is 1. The smallest absolute Gasteiger partial charge is 0.246 e. The standard InChI is InChI=1S/C18H24N6O2.HI/c1-3-19-18(20-10-14-5-4-6-16(25)9-14)23-7-8-24(17(26)13-23)15-11-21-22(2)12-15;/h4-6,9,11-12,25H,3,7-8,10,13H2,1-2H3,(H,19,20);1H. The molecule has 2 heterocycles. The van der Waals surface area contributed by atoms with Crippen LogP contribution in [0.5, 0.6) is 5.75 Å². The number of aromatic nitrogens is 2. The van der Waals surface area contributed by atoms with Crippen molar-refractivity contribution in [1.29, 1.82) is 0 Å². The third-order valence-electron chi connectivity index (χ3n) is 4.18. The summed E-state index contributed by atoms with van der Waals surface area (Å²) in [4.78, 5) is 20.9. The highest BCUT2D eigenvalue weighted by atomic mass is 127. The number of carbonyl (C=O) groups is 1. The number of amides is 1. The van der Waals surface area contributed by atoms with E-state index in [2.05, 4.69) is 15.4 Å². The topological polar surface area (TPSA) is 86.0 Å². The number of hydrogen-bond donors (Lipinski definition) is 2. The summed E-state index contributed by atoms with van der Waals surface area (Å²) in [6.07, 6.45) is 3.55. The molecule has 146 valence electrons. The highest BCUT2D eigenvalue weighted by molar-refractivity contribution is 14.0. The molecule has 1 aromatic carbocycles. The Morgan fingerprint density at radius 2 is 2.19 bits per heavy atom. The van der Waals surface area contributed by atoms with Crippen molar-refractivity contribution in [2.45, 2.75) is 13.5 Å². The molecule has 2 aromatic rings. The number of phenolic OH excluding ortho intramolecular Hbond substituents is 1. The van der Waals surface area contributed by atoms with E-state index >= 15 is 0 Å². The van der Waals surface area contributed by atoms with Crippen molar-refractivity contribution in [3.63, 3.8) is 0 Å². The fraction of sp³-hybridized carbons (Fsp3) is 0.389. The van der Waals surface area contributed by atoms with E-state index in [4.69, 9.17) is 0 Å². The maximum atomic E-state index is 12.6. The molecule has 1 saturated heterocycles. The molecule has 3 rings (SSSR count). The van der Waals surface area contributed by atoms with Crippen LogP contribution in [-0.4, -0.2) is 57.8 Å². The summed E-state index contributed by atoms with van der Waals surface area (Å²) in [5, 5.41) is 16.9. The molecule has 27 heavy (non-hydrogen) atoms. The molecular formula is C18H25IN6O2. The number of anilines is 1. The molecule has 0 atom stereocenters. The molecule has 1 aliphatic heterocycles. The minimum atomic E-state index is 0. The average Bonchev–Trinajstić information content (AvgIpc) is 3.04. The summed E-state index contributed by atoms with van der Waals surface area (Å²) in [5.74, 6) is 0.949. The summed E-state index contributed by atoms with van der Waals surface area (Å²) in [5.41, 5.74) is 1.74. The van der Waals surface area contributed by atoms with Crippen LogP contribution in [-0.2, 0) is 18.4 Å². The van der Waals surface area contributed by atoms with Gasteiger partial charge in [0.1, 0.15) is 12.3 Å². The van der Waals surface area contributed by atoms with Crippen LogP contribution in [0.3, 0.4) is 0 Å². The van der Waals surface area contributed by atoms with E-state index in [0.717, 1.165) is 17.8 Å². The van der Waals surface area contributed by atoms with Gasteiger partial charge in [-0.2, -0.15) is 5.10 Å². The van der Waals surface area contributed by atoms with Crippen LogP contribution < -0.4 is 10.2 Å². The second-order valence-electron chi connectivity index (χ2n) is 6.18. The number of aryl methyl sites for hydroxylation is 1. The molecule has 8 nitrogen and oxygen atoms in total. The number of rotatable bonds is 4. The maximum absolute atomic E-state index is 12.6. The van der Waals surface area contributed by atoms with E-state index in [0.29, 0.717) is 25.6 Å². The number of carbonyl (C=O) groups excluding carboxylic acids is 1. The minimum absolute atomic E-state index is 0. The van der Waals surface area contributed by atoms with Gasteiger partial charge in [-0.1, -0.05) is 12.1 Å². The minimum Gasteiger partial charge on any atom is -0.508 e. The van der Waals surface area contributed by atoms with E-state index in [9.17, 15) is 9.90 Å². The molecule has 9 heteroatoms. The molecule has 1 amide bonds. The van der Waals surface area contributed by atoms with Crippen LogP contribution in [0.25, 0.3) is 0 Å². The predicted molar refractivity (Wildman–Crippen MR) is 115 cm³/mol. The van der Waals surface area contributed by atoms with Crippen molar-refractivity contribution in [3.8, 4) is 5.75 Å². The van der Waals surface area contributed by atoms with E-state index in [1.54, 1.807) is 34.0 Å².